The molecular weight excluding hydrogens is 397 g/mol. The fourth-order valence-corrected chi connectivity index (χ4v) is 5.57. The van der Waals surface area contributed by atoms with Crippen LogP contribution >= 0.6 is 22.6 Å². The van der Waals surface area contributed by atoms with Gasteiger partial charge < -0.3 is 0 Å². The van der Waals surface area contributed by atoms with Crippen LogP contribution in [-0.4, -0.2) is 29.8 Å². The van der Waals surface area contributed by atoms with Crippen molar-refractivity contribution >= 4 is 28.4 Å². The summed E-state index contributed by atoms with van der Waals surface area (Å²) >= 11 is 2.41. The van der Waals surface area contributed by atoms with Gasteiger partial charge in [-0.15, -0.1) is 0 Å². The number of hydrogen-bond acceptors (Lipinski definition) is 2. The molecule has 0 unspecified atom stereocenters. The Morgan fingerprint density at radius 1 is 1.35 bits per heavy atom. The zero-order valence-electron chi connectivity index (χ0n) is 14.4. The van der Waals surface area contributed by atoms with E-state index in [9.17, 15) is 4.79 Å². The van der Waals surface area contributed by atoms with Crippen LogP contribution in [0.2, 0.25) is 0 Å². The molecule has 1 aromatic carbocycles. The molecule has 3 atom stereocenters. The van der Waals surface area contributed by atoms with E-state index in [4.69, 9.17) is 0 Å². The van der Waals surface area contributed by atoms with Crippen LogP contribution in [0.3, 0.4) is 0 Å². The highest BCUT2D eigenvalue weighted by Gasteiger charge is 2.52. The molecule has 2 fully saturated rings. The predicted molar refractivity (Wildman–Crippen MR) is 102 cm³/mol. The molecule has 0 spiro atoms. The van der Waals surface area contributed by atoms with Gasteiger partial charge in [0.1, 0.15) is 0 Å². The summed E-state index contributed by atoms with van der Waals surface area (Å²) in [7, 11) is 0. The molecule has 1 saturated carbocycles. The van der Waals surface area contributed by atoms with Gasteiger partial charge in [-0.3, -0.25) is 9.69 Å². The van der Waals surface area contributed by atoms with Crippen LogP contribution < -0.4 is 0 Å². The lowest BCUT2D eigenvalue weighted by molar-refractivity contribution is 0.0266. The number of alkyl halides is 1. The molecule has 3 heteroatoms. The molecule has 3 aliphatic rings. The van der Waals surface area contributed by atoms with Crippen LogP contribution in [-0.2, 0) is 9.84 Å². The van der Waals surface area contributed by atoms with Crippen molar-refractivity contribution in [2.24, 2.45) is 11.8 Å². The number of benzene rings is 1. The number of likely N-dealkylation sites (tertiary alicyclic amines) is 1. The molecule has 0 radical (unpaired) electrons. The standard InChI is InChI=1S/C20H26INO/c1-12-8-17-16(9-15(12)10-21)19(23)18-13(2)20(17,3)6-7-22(18)11-14-4-5-14/h8-9,13-14,18H,4-7,10-11H2,1-3H3/t13-,18-,20-/m0/s1. The van der Waals surface area contributed by atoms with Crippen molar-refractivity contribution in [2.45, 2.75) is 55.9 Å². The van der Waals surface area contributed by atoms with E-state index >= 15 is 0 Å². The SMILES string of the molecule is Cc1cc2c(cc1CI)C(=O)[C@@H]1[C@H](C)[C@]2(C)CCN1CC1CC1. The quantitative estimate of drug-likeness (QED) is 0.527. The van der Waals surface area contributed by atoms with E-state index in [0.717, 1.165) is 29.0 Å². The van der Waals surface area contributed by atoms with E-state index in [1.54, 1.807) is 0 Å². The van der Waals surface area contributed by atoms with Crippen LogP contribution in [0.15, 0.2) is 12.1 Å². The van der Waals surface area contributed by atoms with E-state index in [0.29, 0.717) is 11.7 Å². The molecule has 4 rings (SSSR count). The minimum absolute atomic E-state index is 0.103. The number of Topliss-reactive ketones (excluding diaryl/α,β-unsaturated/α-hetero) is 1. The van der Waals surface area contributed by atoms with Gasteiger partial charge in [0.2, 0.25) is 0 Å². The number of aryl methyl sites for hydroxylation is 1. The van der Waals surface area contributed by atoms with Crippen LogP contribution in [0.25, 0.3) is 0 Å². The summed E-state index contributed by atoms with van der Waals surface area (Å²) in [6, 6.07) is 4.63. The lowest BCUT2D eigenvalue weighted by Gasteiger charge is -2.53. The Morgan fingerprint density at radius 2 is 2.09 bits per heavy atom. The molecular formula is C20H26INO. The number of fused-ring (bicyclic) bond motifs is 4. The fourth-order valence-electron chi connectivity index (χ4n) is 4.75. The van der Waals surface area contributed by atoms with Crippen molar-refractivity contribution in [1.82, 2.24) is 4.90 Å². The van der Waals surface area contributed by atoms with Crippen molar-refractivity contribution in [3.05, 3.63) is 34.4 Å². The molecule has 1 aromatic rings. The van der Waals surface area contributed by atoms with Gasteiger partial charge in [0.25, 0.3) is 0 Å². The molecule has 2 nitrogen and oxygen atoms in total. The summed E-state index contributed by atoms with van der Waals surface area (Å²) in [4.78, 5) is 15.8. The fraction of sp³-hybridized carbons (Fsp3) is 0.650. The second kappa shape index (κ2) is 5.55. The van der Waals surface area contributed by atoms with E-state index in [1.165, 1.54) is 36.0 Å². The second-order valence-corrected chi connectivity index (χ2v) is 8.92. The highest BCUT2D eigenvalue weighted by atomic mass is 127. The van der Waals surface area contributed by atoms with Gasteiger partial charge in [-0.1, -0.05) is 42.5 Å². The third kappa shape index (κ3) is 2.41. The summed E-state index contributed by atoms with van der Waals surface area (Å²) < 4.78 is 0.979. The Bertz CT molecular complexity index is 666. The number of rotatable bonds is 3. The number of nitrogens with zero attached hydrogens (tertiary/aromatic N) is 1. The van der Waals surface area contributed by atoms with Gasteiger partial charge in [-0.2, -0.15) is 0 Å². The van der Waals surface area contributed by atoms with Crippen molar-refractivity contribution in [3.63, 3.8) is 0 Å². The number of ketones is 1. The van der Waals surface area contributed by atoms with Crippen LogP contribution in [0.4, 0.5) is 0 Å². The number of halogens is 1. The minimum Gasteiger partial charge on any atom is -0.293 e. The first kappa shape index (κ1) is 16.1. The normalized spacial score (nSPS) is 33.7. The molecule has 2 bridgehead atoms. The summed E-state index contributed by atoms with van der Waals surface area (Å²) in [5.41, 5.74) is 5.17. The Kier molecular flexibility index (Phi) is 3.88. The molecule has 1 aliphatic heterocycles. The summed E-state index contributed by atoms with van der Waals surface area (Å²) in [5.74, 6) is 1.65. The first-order valence-electron chi connectivity index (χ1n) is 8.94. The maximum atomic E-state index is 13.3. The average molecular weight is 423 g/mol. The van der Waals surface area contributed by atoms with E-state index < -0.39 is 0 Å². The predicted octanol–water partition coefficient (Wildman–Crippen LogP) is 4.50. The molecule has 0 aromatic heterocycles. The van der Waals surface area contributed by atoms with Crippen LogP contribution in [0.5, 0.6) is 0 Å². The maximum Gasteiger partial charge on any atom is 0.180 e. The lowest BCUT2D eigenvalue weighted by Crippen LogP contribution is -2.61. The average Bonchev–Trinajstić information content (AvgIpc) is 3.33. The smallest absolute Gasteiger partial charge is 0.180 e. The molecule has 0 amide bonds. The van der Waals surface area contributed by atoms with Gasteiger partial charge >= 0.3 is 0 Å². The molecule has 0 N–H and O–H groups in total. The Balaban J connectivity index is 1.81. The monoisotopic (exact) mass is 423 g/mol. The van der Waals surface area contributed by atoms with Gasteiger partial charge in [-0.05, 0) is 72.7 Å². The summed E-state index contributed by atoms with van der Waals surface area (Å²) in [6.07, 6.45) is 3.90. The third-order valence-electron chi connectivity index (χ3n) is 6.75. The summed E-state index contributed by atoms with van der Waals surface area (Å²) in [5, 5.41) is 0. The topological polar surface area (TPSA) is 20.3 Å². The van der Waals surface area contributed by atoms with Crippen molar-refractivity contribution < 1.29 is 4.79 Å². The second-order valence-electron chi connectivity index (χ2n) is 8.16. The van der Waals surface area contributed by atoms with Gasteiger partial charge in [-0.25, -0.2) is 0 Å². The lowest BCUT2D eigenvalue weighted by atomic mass is 9.58. The van der Waals surface area contributed by atoms with Gasteiger partial charge in [0.05, 0.1) is 6.04 Å². The molecule has 23 heavy (non-hydrogen) atoms. The largest absolute Gasteiger partial charge is 0.293 e. The number of carbonyl (C=O) groups excluding carboxylic acids is 1. The minimum atomic E-state index is 0.103. The Hall–Kier alpha value is -0.420. The number of piperidine rings is 1. The van der Waals surface area contributed by atoms with Gasteiger partial charge in [0, 0.05) is 16.5 Å². The Morgan fingerprint density at radius 3 is 2.74 bits per heavy atom. The highest BCUT2D eigenvalue weighted by Crippen LogP contribution is 2.49. The zero-order valence-corrected chi connectivity index (χ0v) is 16.5. The molecule has 1 heterocycles. The molecule has 2 aliphatic carbocycles. The van der Waals surface area contributed by atoms with Gasteiger partial charge in [0.15, 0.2) is 5.78 Å². The molecule has 1 saturated heterocycles. The Labute approximate surface area is 153 Å². The first-order valence-corrected chi connectivity index (χ1v) is 10.5. The van der Waals surface area contributed by atoms with Crippen molar-refractivity contribution in [1.29, 1.82) is 0 Å². The van der Waals surface area contributed by atoms with Crippen LogP contribution in [0.1, 0.15) is 60.2 Å². The maximum absolute atomic E-state index is 13.3. The number of hydrogen-bond donors (Lipinski definition) is 0. The van der Waals surface area contributed by atoms with E-state index in [-0.39, 0.29) is 11.5 Å². The van der Waals surface area contributed by atoms with E-state index in [2.05, 4.69) is 60.4 Å². The van der Waals surface area contributed by atoms with Crippen molar-refractivity contribution in [3.8, 4) is 0 Å². The highest BCUT2D eigenvalue weighted by molar-refractivity contribution is 14.1. The first-order chi connectivity index (χ1) is 11.0. The summed E-state index contributed by atoms with van der Waals surface area (Å²) in [6.45, 7) is 9.12. The zero-order chi connectivity index (χ0) is 16.4. The number of carbonyl (C=O) groups is 1. The van der Waals surface area contributed by atoms with Crippen LogP contribution in [0, 0.1) is 18.8 Å². The molecule has 124 valence electrons. The van der Waals surface area contributed by atoms with E-state index in [1.807, 2.05) is 0 Å². The third-order valence-corrected chi connectivity index (χ3v) is 7.57. The van der Waals surface area contributed by atoms with Crippen molar-refractivity contribution in [2.75, 3.05) is 13.1 Å².